The van der Waals surface area contributed by atoms with Crippen molar-refractivity contribution in [1.29, 1.82) is 0 Å². The van der Waals surface area contributed by atoms with E-state index in [0.29, 0.717) is 11.8 Å². The number of benzene rings is 2. The Morgan fingerprint density at radius 1 is 1.15 bits per heavy atom. The second-order valence-electron chi connectivity index (χ2n) is 8.67. The van der Waals surface area contributed by atoms with Gasteiger partial charge in [-0.15, -0.1) is 0 Å². The summed E-state index contributed by atoms with van der Waals surface area (Å²) in [7, 11) is 0. The van der Waals surface area contributed by atoms with Crippen LogP contribution in [0.2, 0.25) is 0 Å². The fourth-order valence-corrected chi connectivity index (χ4v) is 4.76. The molecule has 3 heteroatoms. The van der Waals surface area contributed by atoms with E-state index >= 15 is 0 Å². The Labute approximate surface area is 162 Å². The summed E-state index contributed by atoms with van der Waals surface area (Å²) in [6, 6.07) is 15.3. The van der Waals surface area contributed by atoms with Crippen LogP contribution in [0.3, 0.4) is 0 Å². The van der Waals surface area contributed by atoms with Crippen LogP contribution in [0.15, 0.2) is 42.5 Å². The highest BCUT2D eigenvalue weighted by Crippen LogP contribution is 2.40. The number of fused-ring (bicyclic) bond motifs is 1. The number of aliphatic hydroxyl groups excluding tert-OH is 1. The third kappa shape index (κ3) is 4.04. The number of hydrogen-bond acceptors (Lipinski definition) is 3. The topological polar surface area (TPSA) is 55.5 Å². The monoisotopic (exact) mass is 365 g/mol. The summed E-state index contributed by atoms with van der Waals surface area (Å²) < 4.78 is 6.09. The Balaban J connectivity index is 1.39. The van der Waals surface area contributed by atoms with Gasteiger partial charge >= 0.3 is 0 Å². The molecular weight excluding hydrogens is 334 g/mol. The molecular formula is C24H31NO2. The Bertz CT molecular complexity index is 803. The van der Waals surface area contributed by atoms with Gasteiger partial charge < -0.3 is 15.6 Å². The minimum atomic E-state index is -0.376. The second-order valence-corrected chi connectivity index (χ2v) is 8.67. The molecule has 1 saturated carbocycles. The van der Waals surface area contributed by atoms with Crippen molar-refractivity contribution in [2.45, 2.75) is 56.9 Å². The molecule has 0 spiro atoms. The van der Waals surface area contributed by atoms with Crippen molar-refractivity contribution in [3.05, 3.63) is 64.7 Å². The number of rotatable bonds is 5. The van der Waals surface area contributed by atoms with E-state index in [1.165, 1.54) is 28.7 Å². The summed E-state index contributed by atoms with van der Waals surface area (Å²) in [5.74, 6) is 2.09. The van der Waals surface area contributed by atoms with Crippen molar-refractivity contribution in [3.63, 3.8) is 0 Å². The van der Waals surface area contributed by atoms with Crippen LogP contribution < -0.4 is 10.5 Å². The smallest absolute Gasteiger partial charge is 0.122 e. The number of ether oxygens (including phenoxy) is 1. The largest absolute Gasteiger partial charge is 0.493 e. The predicted octanol–water partition coefficient (Wildman–Crippen LogP) is 4.14. The molecule has 1 fully saturated rings. The van der Waals surface area contributed by atoms with Crippen LogP contribution in [0.4, 0.5) is 0 Å². The Kier molecular flexibility index (Phi) is 5.25. The zero-order chi connectivity index (χ0) is 18.9. The first-order valence-electron chi connectivity index (χ1n) is 10.3. The summed E-state index contributed by atoms with van der Waals surface area (Å²) in [5, 5.41) is 9.52. The first-order chi connectivity index (χ1) is 13.1. The molecule has 0 radical (unpaired) electrons. The van der Waals surface area contributed by atoms with E-state index in [9.17, 15) is 5.11 Å². The Morgan fingerprint density at radius 2 is 2.00 bits per heavy atom. The molecule has 0 amide bonds. The highest BCUT2D eigenvalue weighted by atomic mass is 16.5. The van der Waals surface area contributed by atoms with Gasteiger partial charge in [-0.3, -0.25) is 0 Å². The van der Waals surface area contributed by atoms with Crippen LogP contribution in [0, 0.1) is 12.8 Å². The van der Waals surface area contributed by atoms with E-state index in [4.69, 9.17) is 10.5 Å². The number of hydrogen-bond donors (Lipinski definition) is 2. The molecule has 4 rings (SSSR count). The van der Waals surface area contributed by atoms with Crippen molar-refractivity contribution >= 4 is 0 Å². The SMILES string of the molecule is Cc1ccccc1OC[C@@H]1CCc2cc([C@H]3CC[C@](N)(CO)C3)ccc2C1. The number of nitrogens with two attached hydrogens (primary N) is 1. The second kappa shape index (κ2) is 7.65. The summed E-state index contributed by atoms with van der Waals surface area (Å²) in [6.07, 6.45) is 6.32. The van der Waals surface area contributed by atoms with Crippen LogP contribution in [-0.2, 0) is 12.8 Å². The van der Waals surface area contributed by atoms with Gasteiger partial charge in [0.2, 0.25) is 0 Å². The standard InChI is InChI=1S/C24H31NO2/c1-17-4-2-3-5-23(17)27-15-18-6-7-20-13-21(9-8-19(20)12-18)22-10-11-24(25,14-22)16-26/h2-5,8-9,13,18,22,26H,6-7,10-12,14-16,25H2,1H3/t18-,22+,24-/m1/s1. The fraction of sp³-hybridized carbons (Fsp3) is 0.500. The molecule has 0 saturated heterocycles. The van der Waals surface area contributed by atoms with Crippen LogP contribution in [0.1, 0.15) is 53.9 Å². The van der Waals surface area contributed by atoms with Gasteiger partial charge in [0.25, 0.3) is 0 Å². The molecule has 0 heterocycles. The molecule has 0 unspecified atom stereocenters. The quantitative estimate of drug-likeness (QED) is 0.837. The Hall–Kier alpha value is -1.84. The minimum Gasteiger partial charge on any atom is -0.493 e. The number of aryl methyl sites for hydroxylation is 2. The van der Waals surface area contributed by atoms with E-state index in [2.05, 4.69) is 43.3 Å². The van der Waals surface area contributed by atoms with Gasteiger partial charge in [0.15, 0.2) is 0 Å². The maximum Gasteiger partial charge on any atom is 0.122 e. The summed E-state index contributed by atoms with van der Waals surface area (Å²) in [6.45, 7) is 2.99. The molecule has 2 aliphatic carbocycles. The lowest BCUT2D eigenvalue weighted by Gasteiger charge is -2.26. The molecule has 3 atom stereocenters. The summed E-state index contributed by atoms with van der Waals surface area (Å²) in [5.41, 5.74) is 11.5. The predicted molar refractivity (Wildman–Crippen MR) is 109 cm³/mol. The normalized spacial score (nSPS) is 27.4. The molecule has 2 aliphatic rings. The number of para-hydroxylation sites is 1. The molecule has 2 aromatic carbocycles. The van der Waals surface area contributed by atoms with E-state index in [1.807, 2.05) is 6.07 Å². The van der Waals surface area contributed by atoms with E-state index in [0.717, 1.165) is 44.5 Å². The first kappa shape index (κ1) is 18.5. The molecule has 3 nitrogen and oxygen atoms in total. The molecule has 0 bridgehead atoms. The summed E-state index contributed by atoms with van der Waals surface area (Å²) in [4.78, 5) is 0. The lowest BCUT2D eigenvalue weighted by atomic mass is 9.82. The van der Waals surface area contributed by atoms with E-state index in [1.54, 1.807) is 0 Å². The van der Waals surface area contributed by atoms with Crippen LogP contribution in [0.25, 0.3) is 0 Å². The zero-order valence-corrected chi connectivity index (χ0v) is 16.3. The van der Waals surface area contributed by atoms with Gasteiger partial charge in [0, 0.05) is 5.54 Å². The van der Waals surface area contributed by atoms with Gasteiger partial charge in [-0.2, -0.15) is 0 Å². The molecule has 144 valence electrons. The van der Waals surface area contributed by atoms with E-state index < -0.39 is 0 Å². The highest BCUT2D eigenvalue weighted by Gasteiger charge is 2.36. The van der Waals surface area contributed by atoms with Crippen LogP contribution >= 0.6 is 0 Å². The molecule has 0 aromatic heterocycles. The molecule has 2 aromatic rings. The van der Waals surface area contributed by atoms with Crippen molar-refractivity contribution in [2.75, 3.05) is 13.2 Å². The van der Waals surface area contributed by atoms with Gasteiger partial charge in [0.05, 0.1) is 13.2 Å². The summed E-state index contributed by atoms with van der Waals surface area (Å²) >= 11 is 0. The average molecular weight is 366 g/mol. The molecule has 27 heavy (non-hydrogen) atoms. The maximum absolute atomic E-state index is 9.52. The minimum absolute atomic E-state index is 0.0943. The van der Waals surface area contributed by atoms with Crippen LogP contribution in [0.5, 0.6) is 5.75 Å². The maximum atomic E-state index is 9.52. The van der Waals surface area contributed by atoms with Gasteiger partial charge in [-0.1, -0.05) is 36.4 Å². The number of aliphatic hydroxyl groups is 1. The van der Waals surface area contributed by atoms with Crippen LogP contribution in [-0.4, -0.2) is 23.9 Å². The van der Waals surface area contributed by atoms with Gasteiger partial charge in [0.1, 0.15) is 5.75 Å². The fourth-order valence-electron chi connectivity index (χ4n) is 4.76. The van der Waals surface area contributed by atoms with E-state index in [-0.39, 0.29) is 12.1 Å². The molecule has 3 N–H and O–H groups in total. The third-order valence-corrected chi connectivity index (χ3v) is 6.56. The van der Waals surface area contributed by atoms with Crippen molar-refractivity contribution < 1.29 is 9.84 Å². The van der Waals surface area contributed by atoms with Crippen molar-refractivity contribution in [3.8, 4) is 5.75 Å². The lowest BCUT2D eigenvalue weighted by Crippen LogP contribution is -2.40. The lowest BCUT2D eigenvalue weighted by molar-refractivity contribution is 0.198. The Morgan fingerprint density at radius 3 is 2.78 bits per heavy atom. The van der Waals surface area contributed by atoms with Crippen molar-refractivity contribution in [1.82, 2.24) is 0 Å². The first-order valence-corrected chi connectivity index (χ1v) is 10.3. The highest BCUT2D eigenvalue weighted by molar-refractivity contribution is 5.37. The van der Waals surface area contributed by atoms with Gasteiger partial charge in [-0.25, -0.2) is 0 Å². The zero-order valence-electron chi connectivity index (χ0n) is 16.3. The van der Waals surface area contributed by atoms with Crippen molar-refractivity contribution in [2.24, 2.45) is 11.7 Å². The molecule has 0 aliphatic heterocycles. The average Bonchev–Trinajstić information content (AvgIpc) is 3.10. The third-order valence-electron chi connectivity index (χ3n) is 6.56. The van der Waals surface area contributed by atoms with Gasteiger partial charge in [-0.05, 0) is 85.6 Å².